The minimum Gasteiger partial charge on any atom is -0.471 e. The molecule has 1 atom stereocenters. The fraction of sp³-hybridized carbons (Fsp3) is 0.375. The van der Waals surface area contributed by atoms with Gasteiger partial charge >= 0.3 is 0 Å². The zero-order valence-corrected chi connectivity index (χ0v) is 20.6. The molecule has 3 N–H and O–H groups in total. The van der Waals surface area contributed by atoms with Crippen LogP contribution in [0.5, 0.6) is 5.75 Å². The van der Waals surface area contributed by atoms with E-state index in [1.807, 2.05) is 24.4 Å². The first-order valence-corrected chi connectivity index (χ1v) is 12.1. The number of likely N-dealkylation sites (tertiary alicyclic amines) is 1. The number of aromatic nitrogens is 5. The highest BCUT2D eigenvalue weighted by Gasteiger charge is 2.23. The smallest absolute Gasteiger partial charge is 0.177 e. The second-order valence-electron chi connectivity index (χ2n) is 8.90. The van der Waals surface area contributed by atoms with Crippen LogP contribution >= 0.6 is 23.2 Å². The largest absolute Gasteiger partial charge is 0.471 e. The molecule has 1 aliphatic rings. The first-order valence-electron chi connectivity index (χ1n) is 11.4. The predicted molar refractivity (Wildman–Crippen MR) is 134 cm³/mol. The highest BCUT2D eigenvalue weighted by molar-refractivity contribution is 6.35. The van der Waals surface area contributed by atoms with E-state index in [1.54, 1.807) is 0 Å². The Balaban J connectivity index is 1.37. The Morgan fingerprint density at radius 1 is 1.12 bits per heavy atom. The Labute approximate surface area is 208 Å². The number of nitrogens with zero attached hydrogens (tertiary/aromatic N) is 5. The number of benzene rings is 1. The molecule has 1 fully saturated rings. The Morgan fingerprint density at radius 2 is 1.85 bits per heavy atom. The van der Waals surface area contributed by atoms with Crippen molar-refractivity contribution in [3.05, 3.63) is 58.6 Å². The Morgan fingerprint density at radius 3 is 2.56 bits per heavy atom. The third kappa shape index (κ3) is 4.51. The molecule has 0 radical (unpaired) electrons. The van der Waals surface area contributed by atoms with Crippen molar-refractivity contribution in [3.8, 4) is 17.0 Å². The highest BCUT2D eigenvalue weighted by Crippen LogP contribution is 2.34. The van der Waals surface area contributed by atoms with Crippen molar-refractivity contribution in [2.45, 2.75) is 45.0 Å². The zero-order chi connectivity index (χ0) is 23.8. The van der Waals surface area contributed by atoms with Gasteiger partial charge in [0.1, 0.15) is 11.4 Å². The molecule has 10 heteroatoms. The normalized spacial score (nSPS) is 16.4. The third-order valence-electron chi connectivity index (χ3n) is 6.45. The number of fused-ring (bicyclic) bond motifs is 1. The first-order chi connectivity index (χ1) is 16.4. The van der Waals surface area contributed by atoms with Gasteiger partial charge in [-0.25, -0.2) is 0 Å². The predicted octanol–water partition coefficient (Wildman–Crippen LogP) is 5.21. The molecule has 1 saturated heterocycles. The lowest BCUT2D eigenvalue weighted by molar-refractivity contribution is 0.147. The van der Waals surface area contributed by atoms with E-state index < -0.39 is 6.23 Å². The van der Waals surface area contributed by atoms with Crippen molar-refractivity contribution in [2.24, 2.45) is 5.73 Å². The number of H-pyrrole nitrogens is 1. The summed E-state index contributed by atoms with van der Waals surface area (Å²) in [5.41, 5.74) is 9.42. The summed E-state index contributed by atoms with van der Waals surface area (Å²) in [6, 6.07) is 6.64. The number of aromatic amines is 1. The topological polar surface area (TPSA) is 97.9 Å². The Hall–Kier alpha value is -2.65. The molecular weight excluding hydrogens is 473 g/mol. The molecule has 3 aromatic heterocycles. The number of nitrogens with one attached hydrogen (secondary N) is 1. The molecule has 1 aliphatic heterocycles. The summed E-state index contributed by atoms with van der Waals surface area (Å²) in [7, 11) is 0. The quantitative estimate of drug-likeness (QED) is 0.353. The van der Waals surface area contributed by atoms with Crippen LogP contribution in [0.15, 0.2) is 43.0 Å². The average molecular weight is 500 g/mol. The molecule has 5 rings (SSSR count). The first kappa shape index (κ1) is 23.1. The third-order valence-corrected chi connectivity index (χ3v) is 7.05. The lowest BCUT2D eigenvalue weighted by atomic mass is 10.0. The van der Waals surface area contributed by atoms with Crippen molar-refractivity contribution < 1.29 is 4.74 Å². The van der Waals surface area contributed by atoms with E-state index in [-0.39, 0.29) is 0 Å². The van der Waals surface area contributed by atoms with Gasteiger partial charge < -0.3 is 9.64 Å². The number of piperidine rings is 1. The van der Waals surface area contributed by atoms with E-state index in [1.165, 1.54) is 12.4 Å². The van der Waals surface area contributed by atoms with E-state index in [4.69, 9.17) is 33.7 Å². The van der Waals surface area contributed by atoms with Crippen LogP contribution in [0.2, 0.25) is 10.0 Å². The molecule has 178 valence electrons. The molecule has 4 heterocycles. The molecule has 0 aliphatic carbocycles. The summed E-state index contributed by atoms with van der Waals surface area (Å²) in [4.78, 5) is 6.48. The number of nitrogens with two attached hydrogens (primary N) is 1. The van der Waals surface area contributed by atoms with Gasteiger partial charge in [-0.05, 0) is 44.9 Å². The summed E-state index contributed by atoms with van der Waals surface area (Å²) in [6.45, 7) is 6.69. The molecule has 8 nitrogen and oxygen atoms in total. The van der Waals surface area contributed by atoms with Gasteiger partial charge in [-0.15, -0.1) is 0 Å². The second-order valence-corrected chi connectivity index (χ2v) is 9.72. The van der Waals surface area contributed by atoms with E-state index in [2.05, 4.69) is 49.9 Å². The van der Waals surface area contributed by atoms with E-state index in [9.17, 15) is 0 Å². The Bertz CT molecular complexity index is 1270. The zero-order valence-electron chi connectivity index (χ0n) is 19.1. The van der Waals surface area contributed by atoms with E-state index in [0.717, 1.165) is 48.1 Å². The SMILES string of the molecule is CC(C)N1CCC(n2cc(-c3n[nH]c4ccc(O[C@H](N)c5c(Cl)cncc5Cl)cc34)cn2)CC1. The molecule has 0 amide bonds. The molecule has 0 bridgehead atoms. The van der Waals surface area contributed by atoms with Gasteiger partial charge in [-0.1, -0.05) is 23.2 Å². The van der Waals surface area contributed by atoms with Crippen LogP contribution in [-0.2, 0) is 0 Å². The fourth-order valence-electron chi connectivity index (χ4n) is 4.51. The summed E-state index contributed by atoms with van der Waals surface area (Å²) in [5, 5.41) is 13.9. The number of rotatable bonds is 6. The monoisotopic (exact) mass is 499 g/mol. The van der Waals surface area contributed by atoms with Crippen LogP contribution in [-0.4, -0.2) is 49.0 Å². The van der Waals surface area contributed by atoms with Crippen LogP contribution in [0.25, 0.3) is 22.2 Å². The van der Waals surface area contributed by atoms with Gasteiger partial charge in [0.15, 0.2) is 6.23 Å². The Kier molecular flexibility index (Phi) is 6.48. The summed E-state index contributed by atoms with van der Waals surface area (Å²) in [6.07, 6.45) is 8.30. The summed E-state index contributed by atoms with van der Waals surface area (Å²) >= 11 is 12.5. The lowest BCUT2D eigenvalue weighted by Gasteiger charge is -2.34. The standard InChI is InChI=1S/C24H27Cl2N7O/c1-14(2)32-7-5-16(6-8-32)33-13-15(10-29-33)23-18-9-17(3-4-21(18)30-31-23)34-24(27)22-19(25)11-28-12-20(22)26/h3-4,9-14,16,24H,5-8,27H2,1-2H3,(H,30,31)/t24-/m0/s1. The van der Waals surface area contributed by atoms with Gasteiger partial charge in [0, 0.05) is 54.2 Å². The molecule has 0 saturated carbocycles. The van der Waals surface area contributed by atoms with Crippen LogP contribution < -0.4 is 10.5 Å². The van der Waals surface area contributed by atoms with E-state index in [0.29, 0.717) is 33.4 Å². The van der Waals surface area contributed by atoms with Crippen molar-refractivity contribution >= 4 is 34.1 Å². The van der Waals surface area contributed by atoms with Crippen LogP contribution in [0.4, 0.5) is 0 Å². The lowest BCUT2D eigenvalue weighted by Crippen LogP contribution is -2.39. The molecule has 0 spiro atoms. The molecule has 0 unspecified atom stereocenters. The van der Waals surface area contributed by atoms with Gasteiger partial charge in [0.25, 0.3) is 0 Å². The number of hydrogen-bond donors (Lipinski definition) is 2. The molecule has 4 aromatic rings. The van der Waals surface area contributed by atoms with Gasteiger partial charge in [0.2, 0.25) is 0 Å². The molecule has 34 heavy (non-hydrogen) atoms. The number of halogens is 2. The second kappa shape index (κ2) is 9.54. The van der Waals surface area contributed by atoms with Crippen molar-refractivity contribution in [3.63, 3.8) is 0 Å². The minimum atomic E-state index is -0.838. The number of pyridine rings is 1. The number of ether oxygens (including phenoxy) is 1. The minimum absolute atomic E-state index is 0.358. The average Bonchev–Trinajstić information content (AvgIpc) is 3.46. The maximum atomic E-state index is 6.25. The summed E-state index contributed by atoms with van der Waals surface area (Å²) < 4.78 is 8.05. The van der Waals surface area contributed by atoms with E-state index >= 15 is 0 Å². The van der Waals surface area contributed by atoms with Crippen molar-refractivity contribution in [1.82, 2.24) is 29.9 Å². The van der Waals surface area contributed by atoms with Gasteiger partial charge in [-0.2, -0.15) is 10.2 Å². The molecular formula is C24H27Cl2N7O. The van der Waals surface area contributed by atoms with Gasteiger partial charge in [0.05, 0.1) is 27.8 Å². The maximum Gasteiger partial charge on any atom is 0.177 e. The van der Waals surface area contributed by atoms with Crippen molar-refractivity contribution in [2.75, 3.05) is 13.1 Å². The van der Waals surface area contributed by atoms with Crippen LogP contribution in [0.1, 0.15) is 44.5 Å². The van der Waals surface area contributed by atoms with Gasteiger partial charge in [-0.3, -0.25) is 20.5 Å². The number of hydrogen-bond acceptors (Lipinski definition) is 6. The molecule has 1 aromatic carbocycles. The maximum absolute atomic E-state index is 6.25. The summed E-state index contributed by atoms with van der Waals surface area (Å²) in [5.74, 6) is 0.583. The fourth-order valence-corrected chi connectivity index (χ4v) is 5.09. The van der Waals surface area contributed by atoms with Crippen LogP contribution in [0.3, 0.4) is 0 Å². The highest BCUT2D eigenvalue weighted by atomic mass is 35.5. The van der Waals surface area contributed by atoms with Crippen LogP contribution in [0, 0.1) is 0 Å². The van der Waals surface area contributed by atoms with Crippen molar-refractivity contribution in [1.29, 1.82) is 0 Å².